The van der Waals surface area contributed by atoms with Crippen LogP contribution in [0.1, 0.15) is 26.3 Å². The number of nitrogens with one attached hydrogen (secondary N) is 2. The highest BCUT2D eigenvalue weighted by Crippen LogP contribution is 2.30. The molecule has 7 nitrogen and oxygen atoms in total. The van der Waals surface area contributed by atoms with Gasteiger partial charge in [0.1, 0.15) is 12.4 Å². The van der Waals surface area contributed by atoms with Gasteiger partial charge in [-0.3, -0.25) is 9.69 Å². The lowest BCUT2D eigenvalue weighted by Crippen LogP contribution is -2.54. The highest BCUT2D eigenvalue weighted by molar-refractivity contribution is 5.81. The van der Waals surface area contributed by atoms with Crippen LogP contribution in [0, 0.1) is 0 Å². The average molecular weight is 362 g/mol. The number of nitrogens with zero attached hydrogens (tertiary/aromatic N) is 2. The first kappa shape index (κ1) is 19.1. The number of rotatable bonds is 5. The number of carbonyl (C=O) groups excluding carboxylic acids is 1. The second-order valence-electron chi connectivity index (χ2n) is 7.87. The Morgan fingerprint density at radius 2 is 2.12 bits per heavy atom. The van der Waals surface area contributed by atoms with Crippen molar-refractivity contribution < 1.29 is 14.3 Å². The molecule has 0 radical (unpaired) electrons. The maximum absolute atomic E-state index is 12.8. The van der Waals surface area contributed by atoms with Crippen molar-refractivity contribution in [3.8, 4) is 5.75 Å². The molecule has 0 bridgehead atoms. The van der Waals surface area contributed by atoms with E-state index in [0.717, 1.165) is 12.3 Å². The highest BCUT2D eigenvalue weighted by atomic mass is 16.5. The third-order valence-corrected chi connectivity index (χ3v) is 4.88. The molecule has 0 aliphatic carbocycles. The van der Waals surface area contributed by atoms with Gasteiger partial charge in [-0.05, 0) is 17.0 Å². The Morgan fingerprint density at radius 3 is 2.88 bits per heavy atom. The smallest absolute Gasteiger partial charge is 0.255 e. The molecule has 7 heteroatoms. The van der Waals surface area contributed by atoms with Crippen molar-refractivity contribution in [2.75, 3.05) is 40.0 Å². The third-order valence-electron chi connectivity index (χ3n) is 4.88. The molecule has 0 aromatic heterocycles. The van der Waals surface area contributed by atoms with Crippen LogP contribution in [-0.4, -0.2) is 68.0 Å². The zero-order valence-corrected chi connectivity index (χ0v) is 16.1. The van der Waals surface area contributed by atoms with E-state index in [0.29, 0.717) is 26.4 Å². The van der Waals surface area contributed by atoms with E-state index in [1.807, 2.05) is 25.2 Å². The first-order valence-corrected chi connectivity index (χ1v) is 9.20. The van der Waals surface area contributed by atoms with Gasteiger partial charge in [0.15, 0.2) is 6.17 Å². The summed E-state index contributed by atoms with van der Waals surface area (Å²) in [6, 6.07) is 8.09. The van der Waals surface area contributed by atoms with Gasteiger partial charge in [0.2, 0.25) is 0 Å². The Hall–Kier alpha value is -1.67. The third kappa shape index (κ3) is 4.17. The molecule has 2 N–H and O–H groups in total. The average Bonchev–Trinajstić information content (AvgIpc) is 3.04. The summed E-state index contributed by atoms with van der Waals surface area (Å²) in [4.78, 5) is 16.6. The molecule has 144 valence electrons. The summed E-state index contributed by atoms with van der Waals surface area (Å²) in [7, 11) is 1.82. The van der Waals surface area contributed by atoms with Gasteiger partial charge >= 0.3 is 0 Å². The number of carbonyl (C=O) groups is 1. The fourth-order valence-electron chi connectivity index (χ4n) is 3.34. The molecule has 1 amide bonds. The van der Waals surface area contributed by atoms with Gasteiger partial charge in [-0.25, -0.2) is 10.9 Å². The first-order valence-electron chi connectivity index (χ1n) is 9.20. The molecule has 2 aliphatic heterocycles. The van der Waals surface area contributed by atoms with Gasteiger partial charge in [-0.1, -0.05) is 39.0 Å². The molecule has 0 spiro atoms. The summed E-state index contributed by atoms with van der Waals surface area (Å²) in [5.74, 6) is 0.921. The number of hydrazine groups is 1. The Kier molecular flexibility index (Phi) is 5.82. The molecule has 26 heavy (non-hydrogen) atoms. The zero-order chi connectivity index (χ0) is 18.7. The van der Waals surface area contributed by atoms with Gasteiger partial charge in [0.05, 0.1) is 25.9 Å². The lowest BCUT2D eigenvalue weighted by molar-refractivity contribution is -0.137. The molecule has 2 heterocycles. The van der Waals surface area contributed by atoms with Crippen LogP contribution in [0.15, 0.2) is 24.3 Å². The number of hydrogen-bond acceptors (Lipinski definition) is 6. The van der Waals surface area contributed by atoms with Crippen molar-refractivity contribution >= 4 is 5.91 Å². The van der Waals surface area contributed by atoms with Gasteiger partial charge in [-0.2, -0.15) is 0 Å². The zero-order valence-electron chi connectivity index (χ0n) is 16.1. The Morgan fingerprint density at radius 1 is 1.35 bits per heavy atom. The molecule has 0 saturated carbocycles. The fourth-order valence-corrected chi connectivity index (χ4v) is 3.34. The summed E-state index contributed by atoms with van der Waals surface area (Å²) >= 11 is 0. The number of amides is 1. The summed E-state index contributed by atoms with van der Waals surface area (Å²) in [6.45, 7) is 9.48. The normalized spacial score (nSPS) is 23.5. The molecule has 2 saturated heterocycles. The maximum Gasteiger partial charge on any atom is 0.255 e. The summed E-state index contributed by atoms with van der Waals surface area (Å²) < 4.78 is 11.4. The second-order valence-corrected chi connectivity index (χ2v) is 7.87. The summed E-state index contributed by atoms with van der Waals surface area (Å²) in [5, 5.41) is 0. The molecule has 2 aliphatic rings. The van der Waals surface area contributed by atoms with Crippen LogP contribution in [0.5, 0.6) is 5.75 Å². The van der Waals surface area contributed by atoms with Crippen LogP contribution in [0.2, 0.25) is 0 Å². The van der Waals surface area contributed by atoms with Crippen molar-refractivity contribution in [2.24, 2.45) is 0 Å². The first-order chi connectivity index (χ1) is 12.4. The molecule has 2 unspecified atom stereocenters. The number of hydrogen-bond donors (Lipinski definition) is 2. The number of benzene rings is 1. The predicted molar refractivity (Wildman–Crippen MR) is 99.6 cm³/mol. The van der Waals surface area contributed by atoms with Gasteiger partial charge in [0.25, 0.3) is 5.91 Å². The standard InChI is InChI=1S/C19H30N4O3/c1-19(2,3)14-7-5-6-8-15(14)26-12-9-22(4)18(24)17-21-20-16-13-25-11-10-23(16)17/h5-8,16-17,20-21H,9-13H2,1-4H3. The number of fused-ring (bicyclic) bond motifs is 1. The van der Waals surface area contributed by atoms with Crippen molar-refractivity contribution in [3.63, 3.8) is 0 Å². The van der Waals surface area contributed by atoms with Gasteiger partial charge < -0.3 is 14.4 Å². The van der Waals surface area contributed by atoms with Crippen molar-refractivity contribution in [1.82, 2.24) is 20.7 Å². The number of morpholine rings is 1. The number of likely N-dealkylation sites (N-methyl/N-ethyl adjacent to an activating group) is 1. The fraction of sp³-hybridized carbons (Fsp3) is 0.632. The SMILES string of the molecule is CN(CCOc1ccccc1C(C)(C)C)C(=O)C1NNC2COCCN21. The van der Waals surface area contributed by atoms with Crippen molar-refractivity contribution in [2.45, 2.75) is 38.5 Å². The van der Waals surface area contributed by atoms with E-state index in [1.165, 1.54) is 5.56 Å². The van der Waals surface area contributed by atoms with Crippen molar-refractivity contribution in [3.05, 3.63) is 29.8 Å². The van der Waals surface area contributed by atoms with E-state index in [1.54, 1.807) is 4.90 Å². The quantitative estimate of drug-likeness (QED) is 0.812. The summed E-state index contributed by atoms with van der Waals surface area (Å²) in [5.41, 5.74) is 7.39. The molecule has 2 atom stereocenters. The van der Waals surface area contributed by atoms with E-state index in [9.17, 15) is 4.79 Å². The van der Waals surface area contributed by atoms with Crippen LogP contribution < -0.4 is 15.6 Å². The second kappa shape index (κ2) is 7.92. The molecular formula is C19H30N4O3. The molecule has 3 rings (SSSR count). The molecule has 1 aromatic rings. The van der Waals surface area contributed by atoms with Gasteiger partial charge in [0, 0.05) is 13.6 Å². The monoisotopic (exact) mass is 362 g/mol. The van der Waals surface area contributed by atoms with Crippen LogP contribution in [0.25, 0.3) is 0 Å². The number of ether oxygens (including phenoxy) is 2. The minimum atomic E-state index is -0.351. The van der Waals surface area contributed by atoms with Crippen LogP contribution >= 0.6 is 0 Å². The van der Waals surface area contributed by atoms with E-state index in [4.69, 9.17) is 9.47 Å². The molecule has 1 aromatic carbocycles. The lowest BCUT2D eigenvalue weighted by atomic mass is 9.86. The van der Waals surface area contributed by atoms with Crippen LogP contribution in [-0.2, 0) is 14.9 Å². The molecular weight excluding hydrogens is 332 g/mol. The lowest BCUT2D eigenvalue weighted by Gasteiger charge is -2.32. The van der Waals surface area contributed by atoms with Crippen LogP contribution in [0.4, 0.5) is 0 Å². The van der Waals surface area contributed by atoms with Crippen molar-refractivity contribution in [1.29, 1.82) is 0 Å². The minimum Gasteiger partial charge on any atom is -0.491 e. The van der Waals surface area contributed by atoms with E-state index < -0.39 is 0 Å². The largest absolute Gasteiger partial charge is 0.491 e. The van der Waals surface area contributed by atoms with Gasteiger partial charge in [-0.15, -0.1) is 0 Å². The minimum absolute atomic E-state index is 0.0170. The topological polar surface area (TPSA) is 66.1 Å². The van der Waals surface area contributed by atoms with Crippen LogP contribution in [0.3, 0.4) is 0 Å². The summed E-state index contributed by atoms with van der Waals surface area (Å²) in [6.07, 6.45) is -0.295. The van der Waals surface area contributed by atoms with E-state index in [2.05, 4.69) is 42.6 Å². The van der Waals surface area contributed by atoms with E-state index in [-0.39, 0.29) is 23.7 Å². The Balaban J connectivity index is 1.53. The number of para-hydroxylation sites is 1. The Bertz CT molecular complexity index is 631. The Labute approximate surface area is 155 Å². The predicted octanol–water partition coefficient (Wildman–Crippen LogP) is 0.914. The highest BCUT2D eigenvalue weighted by Gasteiger charge is 2.40. The maximum atomic E-state index is 12.8. The van der Waals surface area contributed by atoms with E-state index >= 15 is 0 Å². The molecule has 2 fully saturated rings.